The van der Waals surface area contributed by atoms with Gasteiger partial charge in [-0.15, -0.1) is 0 Å². The summed E-state index contributed by atoms with van der Waals surface area (Å²) in [5.41, 5.74) is 2.85. The number of nitrogens with zero attached hydrogens (tertiary/aromatic N) is 1. The summed E-state index contributed by atoms with van der Waals surface area (Å²) < 4.78 is 38.5. The second kappa shape index (κ2) is 5.55. The van der Waals surface area contributed by atoms with E-state index in [4.69, 9.17) is 10.8 Å². The van der Waals surface area contributed by atoms with Gasteiger partial charge in [0.15, 0.2) is 5.71 Å². The molecule has 0 unspecified atom stereocenters. The zero-order valence-corrected chi connectivity index (χ0v) is 9.90. The lowest BCUT2D eigenvalue weighted by molar-refractivity contribution is -0.132. The Morgan fingerprint density at radius 2 is 1.95 bits per heavy atom. The number of carboxylic acids is 1. The number of halogens is 3. The normalized spacial score (nSPS) is 13.5. The number of alkyl halides is 3. The van der Waals surface area contributed by atoms with Crippen molar-refractivity contribution in [2.45, 2.75) is 13.1 Å². The summed E-state index contributed by atoms with van der Waals surface area (Å²) in [7, 11) is 0. The number of rotatable bonds is 3. The number of nitrogens with two attached hydrogens (primary N) is 1. The molecule has 0 aliphatic carbocycles. The highest BCUT2D eigenvalue weighted by molar-refractivity contribution is 6.22. The van der Waals surface area contributed by atoms with Crippen molar-refractivity contribution < 1.29 is 23.1 Å². The van der Waals surface area contributed by atoms with E-state index in [1.807, 2.05) is 0 Å². The molecule has 7 heteroatoms. The lowest BCUT2D eigenvalue weighted by atomic mass is 10.1. The van der Waals surface area contributed by atoms with Gasteiger partial charge in [0.05, 0.1) is 5.69 Å². The molecule has 4 nitrogen and oxygen atoms in total. The number of aryl methyl sites for hydroxylation is 1. The molecular formula is C12H11F3N2O2. The van der Waals surface area contributed by atoms with Crippen LogP contribution in [0, 0.1) is 6.92 Å². The molecule has 0 fully saturated rings. The zero-order chi connectivity index (χ0) is 14.6. The Bertz CT molecular complexity index is 548. The molecule has 0 aliphatic rings. The predicted octanol–water partition coefficient (Wildman–Crippen LogP) is 2.56. The number of hydrogen-bond donors (Lipinski definition) is 2. The maximum absolute atomic E-state index is 12.8. The lowest BCUT2D eigenvalue weighted by Crippen LogP contribution is -2.29. The van der Waals surface area contributed by atoms with Crippen LogP contribution in [0.4, 0.5) is 18.9 Å². The second-order valence-corrected chi connectivity index (χ2v) is 3.63. The first-order chi connectivity index (χ1) is 8.77. The smallest absolute Gasteiger partial charge is 0.434 e. The van der Waals surface area contributed by atoms with Crippen molar-refractivity contribution >= 4 is 17.4 Å². The minimum Gasteiger partial charge on any atom is -0.478 e. The highest BCUT2D eigenvalue weighted by Crippen LogP contribution is 2.27. The molecule has 0 aliphatic heterocycles. The summed E-state index contributed by atoms with van der Waals surface area (Å²) in [6, 6.07) is 6.07. The van der Waals surface area contributed by atoms with Gasteiger partial charge in [-0.2, -0.15) is 13.2 Å². The molecule has 0 amide bonds. The third-order valence-electron chi connectivity index (χ3n) is 2.27. The fraction of sp³-hybridized carbons (Fsp3) is 0.167. The number of hydrogen-bond acceptors (Lipinski definition) is 3. The van der Waals surface area contributed by atoms with Gasteiger partial charge < -0.3 is 10.8 Å². The molecule has 1 aromatic rings. The van der Waals surface area contributed by atoms with Crippen molar-refractivity contribution in [2.75, 3.05) is 0 Å². The Hall–Kier alpha value is -2.31. The molecule has 0 aromatic heterocycles. The van der Waals surface area contributed by atoms with E-state index in [9.17, 15) is 18.0 Å². The molecule has 0 heterocycles. The van der Waals surface area contributed by atoms with Crippen LogP contribution in [0.3, 0.4) is 0 Å². The van der Waals surface area contributed by atoms with Crippen LogP contribution in [0.5, 0.6) is 0 Å². The number of aliphatic imine (C=N–C) groups is 1. The third kappa shape index (κ3) is 3.57. The molecular weight excluding hydrogens is 261 g/mol. The number of para-hydroxylation sites is 1. The van der Waals surface area contributed by atoms with E-state index in [0.29, 0.717) is 11.8 Å². The topological polar surface area (TPSA) is 75.7 Å². The molecule has 0 saturated carbocycles. The maximum Gasteiger partial charge on any atom is 0.434 e. The van der Waals surface area contributed by atoms with E-state index >= 15 is 0 Å². The molecule has 0 radical (unpaired) electrons. The van der Waals surface area contributed by atoms with Gasteiger partial charge in [-0.25, -0.2) is 9.79 Å². The molecule has 19 heavy (non-hydrogen) atoms. The van der Waals surface area contributed by atoms with E-state index in [-0.39, 0.29) is 5.69 Å². The van der Waals surface area contributed by atoms with E-state index in [2.05, 4.69) is 4.99 Å². The largest absolute Gasteiger partial charge is 0.478 e. The van der Waals surface area contributed by atoms with Crippen molar-refractivity contribution in [1.82, 2.24) is 0 Å². The van der Waals surface area contributed by atoms with E-state index in [0.717, 1.165) is 0 Å². The van der Waals surface area contributed by atoms with Gasteiger partial charge in [-0.1, -0.05) is 18.2 Å². The zero-order valence-electron chi connectivity index (χ0n) is 9.90. The molecule has 0 atom stereocenters. The SMILES string of the molecule is Cc1ccccc1N=C(/C(=C\N)C(=O)O)C(F)(F)F. The Morgan fingerprint density at radius 1 is 1.37 bits per heavy atom. The highest BCUT2D eigenvalue weighted by Gasteiger charge is 2.40. The molecule has 1 aromatic carbocycles. The number of carbonyl (C=O) groups is 1. The summed E-state index contributed by atoms with van der Waals surface area (Å²) in [5.74, 6) is -1.79. The molecule has 0 bridgehead atoms. The third-order valence-corrected chi connectivity index (χ3v) is 2.27. The van der Waals surface area contributed by atoms with Crippen LogP contribution < -0.4 is 5.73 Å². The molecule has 0 saturated heterocycles. The first-order valence-electron chi connectivity index (χ1n) is 5.14. The quantitative estimate of drug-likeness (QED) is 0.655. The number of aliphatic carboxylic acids is 1. The van der Waals surface area contributed by atoms with Gasteiger partial charge >= 0.3 is 12.1 Å². The predicted molar refractivity (Wildman–Crippen MR) is 64.2 cm³/mol. The molecule has 0 spiro atoms. The van der Waals surface area contributed by atoms with Crippen LogP contribution in [-0.4, -0.2) is 23.0 Å². The Balaban J connectivity index is 3.43. The van der Waals surface area contributed by atoms with Crippen molar-refractivity contribution in [3.8, 4) is 0 Å². The summed E-state index contributed by atoms with van der Waals surface area (Å²) >= 11 is 0. The average molecular weight is 272 g/mol. The van der Waals surface area contributed by atoms with Crippen LogP contribution in [0.25, 0.3) is 0 Å². The Kier molecular flexibility index (Phi) is 4.31. The van der Waals surface area contributed by atoms with Crippen molar-refractivity contribution in [1.29, 1.82) is 0 Å². The van der Waals surface area contributed by atoms with Crippen LogP contribution >= 0.6 is 0 Å². The number of benzene rings is 1. The van der Waals surface area contributed by atoms with Crippen LogP contribution in [-0.2, 0) is 4.79 Å². The summed E-state index contributed by atoms with van der Waals surface area (Å²) in [4.78, 5) is 14.1. The van der Waals surface area contributed by atoms with Crippen molar-refractivity contribution in [3.05, 3.63) is 41.6 Å². The van der Waals surface area contributed by atoms with Gasteiger partial charge in [0, 0.05) is 6.20 Å². The van der Waals surface area contributed by atoms with E-state index < -0.39 is 23.4 Å². The molecule has 1 rings (SSSR count). The standard InChI is InChI=1S/C12H11F3N2O2/c1-7-4-2-3-5-9(7)17-10(12(13,14)15)8(6-16)11(18)19/h2-6H,16H2,1H3,(H,18,19)/b8-6+,17-10?. The Morgan fingerprint density at radius 3 is 2.37 bits per heavy atom. The first-order valence-corrected chi connectivity index (χ1v) is 5.14. The first kappa shape index (κ1) is 14.7. The average Bonchev–Trinajstić information content (AvgIpc) is 2.29. The van der Waals surface area contributed by atoms with Crippen molar-refractivity contribution in [3.63, 3.8) is 0 Å². The van der Waals surface area contributed by atoms with E-state index in [1.54, 1.807) is 19.1 Å². The molecule has 102 valence electrons. The molecule has 3 N–H and O–H groups in total. The van der Waals surface area contributed by atoms with Gasteiger partial charge in [0.25, 0.3) is 0 Å². The highest BCUT2D eigenvalue weighted by atomic mass is 19.4. The van der Waals surface area contributed by atoms with Gasteiger partial charge in [0.2, 0.25) is 0 Å². The van der Waals surface area contributed by atoms with Crippen LogP contribution in [0.15, 0.2) is 41.0 Å². The minimum absolute atomic E-state index is 0.0374. The number of carboxylic acid groups (broad SMARTS) is 1. The maximum atomic E-state index is 12.8. The lowest BCUT2D eigenvalue weighted by Gasteiger charge is -2.11. The van der Waals surface area contributed by atoms with Gasteiger partial charge in [0.1, 0.15) is 5.57 Å². The summed E-state index contributed by atoms with van der Waals surface area (Å²) in [6.07, 6.45) is -4.53. The van der Waals surface area contributed by atoms with Crippen LogP contribution in [0.1, 0.15) is 5.56 Å². The fourth-order valence-corrected chi connectivity index (χ4v) is 1.34. The van der Waals surface area contributed by atoms with Gasteiger partial charge in [-0.3, -0.25) is 0 Å². The Labute approximate surface area is 107 Å². The van der Waals surface area contributed by atoms with E-state index in [1.165, 1.54) is 12.1 Å². The van der Waals surface area contributed by atoms with Crippen LogP contribution in [0.2, 0.25) is 0 Å². The fourth-order valence-electron chi connectivity index (χ4n) is 1.34. The monoisotopic (exact) mass is 272 g/mol. The summed E-state index contributed by atoms with van der Waals surface area (Å²) in [5, 5.41) is 8.73. The van der Waals surface area contributed by atoms with Gasteiger partial charge in [-0.05, 0) is 18.6 Å². The minimum atomic E-state index is -4.91. The second-order valence-electron chi connectivity index (χ2n) is 3.63. The summed E-state index contributed by atoms with van der Waals surface area (Å²) in [6.45, 7) is 1.57. The van der Waals surface area contributed by atoms with Crippen molar-refractivity contribution in [2.24, 2.45) is 10.7 Å².